The van der Waals surface area contributed by atoms with Gasteiger partial charge in [-0.1, -0.05) is 24.9 Å². The summed E-state index contributed by atoms with van der Waals surface area (Å²) in [5, 5.41) is 0.782. The van der Waals surface area contributed by atoms with Crippen LogP contribution in [0.25, 0.3) is 0 Å². The molecule has 1 saturated heterocycles. The summed E-state index contributed by atoms with van der Waals surface area (Å²) in [6.45, 7) is 4.64. The SMILES string of the molecule is CCCC1CN(c2ccc(Cl)c(Br)c2)C1. The highest BCUT2D eigenvalue weighted by Crippen LogP contribution is 2.32. The normalized spacial score (nSPS) is 16.6. The molecule has 0 spiro atoms. The number of hydrogen-bond acceptors (Lipinski definition) is 1. The van der Waals surface area contributed by atoms with Crippen molar-refractivity contribution in [1.82, 2.24) is 0 Å². The van der Waals surface area contributed by atoms with E-state index in [4.69, 9.17) is 11.6 Å². The van der Waals surface area contributed by atoms with Crippen molar-refractivity contribution in [3.05, 3.63) is 27.7 Å². The van der Waals surface area contributed by atoms with Crippen LogP contribution in [-0.4, -0.2) is 13.1 Å². The zero-order valence-corrected chi connectivity index (χ0v) is 11.2. The van der Waals surface area contributed by atoms with Crippen LogP contribution >= 0.6 is 27.5 Å². The summed E-state index contributed by atoms with van der Waals surface area (Å²) in [5.41, 5.74) is 1.28. The van der Waals surface area contributed by atoms with Crippen molar-refractivity contribution in [2.24, 2.45) is 5.92 Å². The van der Waals surface area contributed by atoms with Crippen molar-refractivity contribution in [2.45, 2.75) is 19.8 Å². The van der Waals surface area contributed by atoms with Crippen LogP contribution in [0.3, 0.4) is 0 Å². The Morgan fingerprint density at radius 1 is 1.47 bits per heavy atom. The van der Waals surface area contributed by atoms with Crippen LogP contribution in [0.5, 0.6) is 0 Å². The van der Waals surface area contributed by atoms with E-state index in [-0.39, 0.29) is 0 Å². The number of halogens is 2. The van der Waals surface area contributed by atoms with Gasteiger partial charge in [0, 0.05) is 23.2 Å². The third-order valence-corrected chi connectivity index (χ3v) is 4.14. The summed E-state index contributed by atoms with van der Waals surface area (Å²) >= 11 is 9.41. The highest BCUT2D eigenvalue weighted by atomic mass is 79.9. The maximum absolute atomic E-state index is 5.96. The quantitative estimate of drug-likeness (QED) is 0.800. The number of benzene rings is 1. The number of hydrogen-bond donors (Lipinski definition) is 0. The van der Waals surface area contributed by atoms with E-state index in [9.17, 15) is 0 Å². The van der Waals surface area contributed by atoms with Crippen LogP contribution in [0.2, 0.25) is 5.02 Å². The standard InChI is InChI=1S/C12H15BrClN/c1-2-3-9-7-15(8-9)10-4-5-12(14)11(13)6-10/h4-6,9H,2-3,7-8H2,1H3. The Bertz CT molecular complexity index is 347. The predicted octanol–water partition coefficient (Wildman–Crippen LogP) is 4.34. The fraction of sp³-hybridized carbons (Fsp3) is 0.500. The molecular weight excluding hydrogens is 273 g/mol. The van der Waals surface area contributed by atoms with Gasteiger partial charge < -0.3 is 4.90 Å². The Kier molecular flexibility index (Phi) is 3.57. The van der Waals surface area contributed by atoms with Crippen LogP contribution < -0.4 is 4.90 Å². The van der Waals surface area contributed by atoms with Crippen molar-refractivity contribution >= 4 is 33.2 Å². The van der Waals surface area contributed by atoms with Gasteiger partial charge in [0.05, 0.1) is 5.02 Å². The van der Waals surface area contributed by atoms with Crippen LogP contribution in [0.15, 0.2) is 22.7 Å². The smallest absolute Gasteiger partial charge is 0.0549 e. The Balaban J connectivity index is 1.98. The second-order valence-corrected chi connectivity index (χ2v) is 5.42. The lowest BCUT2D eigenvalue weighted by Crippen LogP contribution is -2.46. The van der Waals surface area contributed by atoms with E-state index < -0.39 is 0 Å². The van der Waals surface area contributed by atoms with Gasteiger partial charge in [-0.2, -0.15) is 0 Å². The van der Waals surface area contributed by atoms with E-state index in [1.54, 1.807) is 0 Å². The molecule has 1 aromatic carbocycles. The molecule has 0 aromatic heterocycles. The summed E-state index contributed by atoms with van der Waals surface area (Å²) < 4.78 is 0.987. The molecule has 1 aromatic rings. The lowest BCUT2D eigenvalue weighted by Gasteiger charge is -2.41. The van der Waals surface area contributed by atoms with E-state index in [1.807, 2.05) is 6.07 Å². The minimum absolute atomic E-state index is 0.782. The highest BCUT2D eigenvalue weighted by Gasteiger charge is 2.25. The van der Waals surface area contributed by atoms with Crippen molar-refractivity contribution in [3.8, 4) is 0 Å². The maximum Gasteiger partial charge on any atom is 0.0549 e. The highest BCUT2D eigenvalue weighted by molar-refractivity contribution is 9.10. The van der Waals surface area contributed by atoms with Gasteiger partial charge in [-0.05, 0) is 46.5 Å². The second-order valence-electron chi connectivity index (χ2n) is 4.16. The van der Waals surface area contributed by atoms with E-state index in [1.165, 1.54) is 31.6 Å². The summed E-state index contributed by atoms with van der Waals surface area (Å²) in [6, 6.07) is 6.15. The van der Waals surface area contributed by atoms with Gasteiger partial charge >= 0.3 is 0 Å². The molecule has 1 aliphatic heterocycles. The first-order valence-corrected chi connectivity index (χ1v) is 6.57. The zero-order valence-electron chi connectivity index (χ0n) is 8.84. The van der Waals surface area contributed by atoms with E-state index in [0.717, 1.165) is 15.4 Å². The largest absolute Gasteiger partial charge is 0.371 e. The zero-order chi connectivity index (χ0) is 10.8. The molecule has 0 amide bonds. The minimum atomic E-state index is 0.782. The molecule has 82 valence electrons. The second kappa shape index (κ2) is 4.75. The van der Waals surface area contributed by atoms with Crippen LogP contribution in [0.4, 0.5) is 5.69 Å². The lowest BCUT2D eigenvalue weighted by atomic mass is 9.94. The fourth-order valence-electron chi connectivity index (χ4n) is 2.05. The molecule has 1 aliphatic rings. The fourth-order valence-corrected chi connectivity index (χ4v) is 2.54. The molecule has 1 nitrogen and oxygen atoms in total. The minimum Gasteiger partial charge on any atom is -0.371 e. The molecule has 1 fully saturated rings. The molecule has 0 unspecified atom stereocenters. The average Bonchev–Trinajstić information content (AvgIpc) is 2.16. The molecular formula is C12H15BrClN. The van der Waals surface area contributed by atoms with Gasteiger partial charge in [0.1, 0.15) is 0 Å². The van der Waals surface area contributed by atoms with Crippen molar-refractivity contribution in [3.63, 3.8) is 0 Å². The first-order valence-electron chi connectivity index (χ1n) is 5.40. The Labute approximate surface area is 105 Å². The molecule has 1 heterocycles. The van der Waals surface area contributed by atoms with E-state index in [2.05, 4.69) is 39.9 Å². The first kappa shape index (κ1) is 11.3. The van der Waals surface area contributed by atoms with E-state index >= 15 is 0 Å². The molecule has 0 aliphatic carbocycles. The van der Waals surface area contributed by atoms with Crippen molar-refractivity contribution in [1.29, 1.82) is 0 Å². The molecule has 0 atom stereocenters. The lowest BCUT2D eigenvalue weighted by molar-refractivity contribution is 0.380. The van der Waals surface area contributed by atoms with Crippen LogP contribution in [0, 0.1) is 5.92 Å². The van der Waals surface area contributed by atoms with Crippen molar-refractivity contribution in [2.75, 3.05) is 18.0 Å². The maximum atomic E-state index is 5.96. The predicted molar refractivity (Wildman–Crippen MR) is 69.8 cm³/mol. The Morgan fingerprint density at radius 2 is 2.20 bits per heavy atom. The molecule has 0 saturated carbocycles. The summed E-state index contributed by atoms with van der Waals surface area (Å²) in [5.74, 6) is 0.893. The summed E-state index contributed by atoms with van der Waals surface area (Å²) in [4.78, 5) is 2.40. The van der Waals surface area contributed by atoms with Gasteiger partial charge in [0.2, 0.25) is 0 Å². The average molecular weight is 289 g/mol. The topological polar surface area (TPSA) is 3.24 Å². The van der Waals surface area contributed by atoms with Crippen LogP contribution in [-0.2, 0) is 0 Å². The number of anilines is 1. The Hall–Kier alpha value is -0.210. The third-order valence-electron chi connectivity index (χ3n) is 2.92. The molecule has 0 N–H and O–H groups in total. The molecule has 15 heavy (non-hydrogen) atoms. The number of rotatable bonds is 3. The summed E-state index contributed by atoms with van der Waals surface area (Å²) in [7, 11) is 0. The Morgan fingerprint density at radius 3 is 2.80 bits per heavy atom. The molecule has 2 rings (SSSR count). The van der Waals surface area contributed by atoms with Gasteiger partial charge in [-0.3, -0.25) is 0 Å². The van der Waals surface area contributed by atoms with E-state index in [0.29, 0.717) is 0 Å². The van der Waals surface area contributed by atoms with Crippen molar-refractivity contribution < 1.29 is 0 Å². The molecule has 0 radical (unpaired) electrons. The first-order chi connectivity index (χ1) is 7.20. The third kappa shape index (κ3) is 2.48. The monoisotopic (exact) mass is 287 g/mol. The van der Waals surface area contributed by atoms with Gasteiger partial charge in [0.25, 0.3) is 0 Å². The summed E-state index contributed by atoms with van der Waals surface area (Å²) in [6.07, 6.45) is 2.65. The van der Waals surface area contributed by atoms with Gasteiger partial charge in [-0.15, -0.1) is 0 Å². The molecule has 3 heteroatoms. The van der Waals surface area contributed by atoms with Gasteiger partial charge in [-0.25, -0.2) is 0 Å². The van der Waals surface area contributed by atoms with Crippen LogP contribution in [0.1, 0.15) is 19.8 Å². The number of nitrogens with zero attached hydrogens (tertiary/aromatic N) is 1. The molecule has 0 bridgehead atoms. The van der Waals surface area contributed by atoms with Gasteiger partial charge in [0.15, 0.2) is 0 Å².